The Labute approximate surface area is 118 Å². The van der Waals surface area contributed by atoms with Crippen molar-refractivity contribution < 1.29 is 13.9 Å². The highest BCUT2D eigenvalue weighted by Crippen LogP contribution is 2.27. The van der Waals surface area contributed by atoms with E-state index in [1.807, 2.05) is 24.3 Å². The van der Waals surface area contributed by atoms with Crippen LogP contribution in [0.4, 0.5) is 4.39 Å². The SMILES string of the molecule is CNC(c1ccc(OC)cc1)c1ccc(OC)cc1F. The molecular formula is C16H18FNO2. The van der Waals surface area contributed by atoms with Gasteiger partial charge in [-0.1, -0.05) is 18.2 Å². The van der Waals surface area contributed by atoms with Gasteiger partial charge in [0.15, 0.2) is 0 Å². The fraction of sp³-hybridized carbons (Fsp3) is 0.250. The van der Waals surface area contributed by atoms with Crippen molar-refractivity contribution in [3.05, 3.63) is 59.4 Å². The molecule has 2 aromatic carbocycles. The summed E-state index contributed by atoms with van der Waals surface area (Å²) in [6.45, 7) is 0. The minimum atomic E-state index is -0.292. The van der Waals surface area contributed by atoms with E-state index in [2.05, 4.69) is 5.32 Å². The third kappa shape index (κ3) is 2.91. The quantitative estimate of drug-likeness (QED) is 0.909. The van der Waals surface area contributed by atoms with Crippen LogP contribution in [0.2, 0.25) is 0 Å². The molecule has 0 saturated heterocycles. The van der Waals surface area contributed by atoms with Crippen molar-refractivity contribution in [1.29, 1.82) is 0 Å². The van der Waals surface area contributed by atoms with E-state index in [-0.39, 0.29) is 11.9 Å². The van der Waals surface area contributed by atoms with Crippen molar-refractivity contribution in [1.82, 2.24) is 5.32 Å². The highest BCUT2D eigenvalue weighted by molar-refractivity contribution is 5.38. The highest BCUT2D eigenvalue weighted by atomic mass is 19.1. The van der Waals surface area contributed by atoms with Gasteiger partial charge in [0.1, 0.15) is 17.3 Å². The Balaban J connectivity index is 2.35. The second-order valence-electron chi connectivity index (χ2n) is 4.38. The van der Waals surface area contributed by atoms with Gasteiger partial charge in [0.2, 0.25) is 0 Å². The largest absolute Gasteiger partial charge is 0.497 e. The molecule has 1 atom stereocenters. The molecule has 2 aromatic rings. The fourth-order valence-electron chi connectivity index (χ4n) is 2.17. The summed E-state index contributed by atoms with van der Waals surface area (Å²) in [4.78, 5) is 0. The first-order valence-electron chi connectivity index (χ1n) is 6.34. The Kier molecular flexibility index (Phi) is 4.58. The van der Waals surface area contributed by atoms with Crippen molar-refractivity contribution >= 4 is 0 Å². The molecule has 0 aliphatic rings. The number of hydrogen-bond donors (Lipinski definition) is 1. The van der Waals surface area contributed by atoms with Gasteiger partial charge in [-0.15, -0.1) is 0 Å². The molecule has 0 fully saturated rings. The second-order valence-corrected chi connectivity index (χ2v) is 4.38. The van der Waals surface area contributed by atoms with Crippen LogP contribution in [0.1, 0.15) is 17.2 Å². The summed E-state index contributed by atoms with van der Waals surface area (Å²) >= 11 is 0. The summed E-state index contributed by atoms with van der Waals surface area (Å²) in [7, 11) is 4.94. The van der Waals surface area contributed by atoms with Gasteiger partial charge < -0.3 is 14.8 Å². The van der Waals surface area contributed by atoms with Crippen LogP contribution in [0.15, 0.2) is 42.5 Å². The average Bonchev–Trinajstić information content (AvgIpc) is 2.50. The van der Waals surface area contributed by atoms with E-state index >= 15 is 0 Å². The lowest BCUT2D eigenvalue weighted by atomic mass is 9.98. The summed E-state index contributed by atoms with van der Waals surface area (Å²) in [5, 5.41) is 3.13. The van der Waals surface area contributed by atoms with Crippen molar-refractivity contribution in [2.75, 3.05) is 21.3 Å². The minimum absolute atomic E-state index is 0.216. The molecule has 0 bridgehead atoms. The van der Waals surface area contributed by atoms with Gasteiger partial charge in [0.25, 0.3) is 0 Å². The average molecular weight is 275 g/mol. The molecule has 0 aliphatic carbocycles. The molecule has 106 valence electrons. The van der Waals surface area contributed by atoms with Crippen LogP contribution < -0.4 is 14.8 Å². The molecule has 0 saturated carbocycles. The maximum absolute atomic E-state index is 14.2. The van der Waals surface area contributed by atoms with Crippen molar-refractivity contribution in [3.63, 3.8) is 0 Å². The van der Waals surface area contributed by atoms with Crippen molar-refractivity contribution in [2.24, 2.45) is 0 Å². The monoisotopic (exact) mass is 275 g/mol. The molecule has 0 spiro atoms. The van der Waals surface area contributed by atoms with Gasteiger partial charge in [0.05, 0.1) is 20.3 Å². The number of ether oxygens (including phenoxy) is 2. The number of rotatable bonds is 5. The van der Waals surface area contributed by atoms with Gasteiger partial charge in [-0.3, -0.25) is 0 Å². The van der Waals surface area contributed by atoms with Crippen LogP contribution in [0.5, 0.6) is 11.5 Å². The predicted molar refractivity (Wildman–Crippen MR) is 76.8 cm³/mol. The minimum Gasteiger partial charge on any atom is -0.497 e. The van der Waals surface area contributed by atoms with Crippen LogP contribution in [-0.4, -0.2) is 21.3 Å². The summed E-state index contributed by atoms with van der Waals surface area (Å²) in [6, 6.07) is 12.2. The van der Waals surface area contributed by atoms with E-state index in [9.17, 15) is 4.39 Å². The first-order valence-corrected chi connectivity index (χ1v) is 6.34. The summed E-state index contributed by atoms with van der Waals surface area (Å²) in [5.41, 5.74) is 1.55. The molecule has 0 heterocycles. The van der Waals surface area contributed by atoms with E-state index in [4.69, 9.17) is 9.47 Å². The lowest BCUT2D eigenvalue weighted by Gasteiger charge is -2.18. The van der Waals surface area contributed by atoms with E-state index in [0.29, 0.717) is 11.3 Å². The second kappa shape index (κ2) is 6.39. The number of hydrogen-bond acceptors (Lipinski definition) is 3. The third-order valence-corrected chi connectivity index (χ3v) is 3.26. The summed E-state index contributed by atoms with van der Waals surface area (Å²) < 4.78 is 24.3. The predicted octanol–water partition coefficient (Wildman–Crippen LogP) is 3.15. The zero-order chi connectivity index (χ0) is 14.5. The molecule has 4 heteroatoms. The van der Waals surface area contributed by atoms with Crippen LogP contribution in [0.3, 0.4) is 0 Å². The number of nitrogens with one attached hydrogen (secondary N) is 1. The van der Waals surface area contributed by atoms with E-state index < -0.39 is 0 Å². The Morgan fingerprint density at radius 3 is 2.05 bits per heavy atom. The van der Waals surface area contributed by atoms with Crippen LogP contribution in [-0.2, 0) is 0 Å². The van der Waals surface area contributed by atoms with E-state index in [1.165, 1.54) is 13.2 Å². The lowest BCUT2D eigenvalue weighted by molar-refractivity contribution is 0.410. The Morgan fingerprint density at radius 2 is 1.55 bits per heavy atom. The molecule has 0 amide bonds. The number of benzene rings is 2. The zero-order valence-electron chi connectivity index (χ0n) is 11.8. The fourth-order valence-corrected chi connectivity index (χ4v) is 2.17. The molecule has 2 rings (SSSR count). The summed E-state index contributed by atoms with van der Waals surface area (Å²) in [5.74, 6) is 0.995. The molecule has 3 nitrogen and oxygen atoms in total. The highest BCUT2D eigenvalue weighted by Gasteiger charge is 2.16. The normalized spacial score (nSPS) is 12.0. The maximum atomic E-state index is 14.2. The standard InChI is InChI=1S/C16H18FNO2/c1-18-16(11-4-6-12(19-2)7-5-11)14-9-8-13(20-3)10-15(14)17/h4-10,16,18H,1-3H3. The Hall–Kier alpha value is -2.07. The zero-order valence-corrected chi connectivity index (χ0v) is 11.8. The first kappa shape index (κ1) is 14.3. The van der Waals surface area contributed by atoms with Crippen LogP contribution in [0, 0.1) is 5.82 Å². The van der Waals surface area contributed by atoms with Gasteiger partial charge in [-0.2, -0.15) is 0 Å². The van der Waals surface area contributed by atoms with Gasteiger partial charge >= 0.3 is 0 Å². The van der Waals surface area contributed by atoms with Crippen LogP contribution in [0.25, 0.3) is 0 Å². The number of methoxy groups -OCH3 is 2. The van der Waals surface area contributed by atoms with Crippen molar-refractivity contribution in [3.8, 4) is 11.5 Å². The third-order valence-electron chi connectivity index (χ3n) is 3.26. The van der Waals surface area contributed by atoms with E-state index in [1.54, 1.807) is 26.3 Å². The lowest BCUT2D eigenvalue weighted by Crippen LogP contribution is -2.18. The molecular weight excluding hydrogens is 257 g/mol. The smallest absolute Gasteiger partial charge is 0.132 e. The first-order chi connectivity index (χ1) is 9.69. The van der Waals surface area contributed by atoms with Gasteiger partial charge in [0, 0.05) is 11.6 Å². The Bertz CT molecular complexity index is 569. The molecule has 20 heavy (non-hydrogen) atoms. The number of halogens is 1. The molecule has 0 radical (unpaired) electrons. The molecule has 0 aromatic heterocycles. The maximum Gasteiger partial charge on any atom is 0.132 e. The molecule has 0 aliphatic heterocycles. The van der Waals surface area contributed by atoms with Gasteiger partial charge in [-0.05, 0) is 30.8 Å². The van der Waals surface area contributed by atoms with Crippen LogP contribution >= 0.6 is 0 Å². The van der Waals surface area contributed by atoms with E-state index in [0.717, 1.165) is 11.3 Å². The summed E-state index contributed by atoms with van der Waals surface area (Å²) in [6.07, 6.45) is 0. The molecule has 1 N–H and O–H groups in total. The van der Waals surface area contributed by atoms with Gasteiger partial charge in [-0.25, -0.2) is 4.39 Å². The molecule has 1 unspecified atom stereocenters. The topological polar surface area (TPSA) is 30.5 Å². The van der Waals surface area contributed by atoms with Crippen molar-refractivity contribution in [2.45, 2.75) is 6.04 Å². The Morgan fingerprint density at radius 1 is 0.950 bits per heavy atom.